The van der Waals surface area contributed by atoms with Crippen LogP contribution in [-0.2, 0) is 11.3 Å². The third-order valence-electron chi connectivity index (χ3n) is 4.88. The molecular weight excluding hydrogens is 436 g/mol. The molecule has 3 aromatic carbocycles. The van der Waals surface area contributed by atoms with Gasteiger partial charge in [-0.3, -0.25) is 0 Å². The van der Waals surface area contributed by atoms with E-state index in [1.54, 1.807) is 0 Å². The number of hydrogen-bond donors (Lipinski definition) is 2. The van der Waals surface area contributed by atoms with Crippen molar-refractivity contribution in [1.82, 2.24) is 10.6 Å². The maximum absolute atomic E-state index is 12.0. The first-order chi connectivity index (χ1) is 16.0. The first-order valence-electron chi connectivity index (χ1n) is 10.7. The van der Waals surface area contributed by atoms with Gasteiger partial charge in [0, 0.05) is 13.1 Å². The maximum atomic E-state index is 12.0. The zero-order valence-electron chi connectivity index (χ0n) is 18.8. The molecule has 0 unspecified atom stereocenters. The Morgan fingerprint density at radius 1 is 0.879 bits per heavy atom. The summed E-state index contributed by atoms with van der Waals surface area (Å²) in [6.45, 7) is 5.34. The fourth-order valence-corrected chi connectivity index (χ4v) is 3.13. The molecule has 0 atom stereocenters. The molecule has 0 saturated heterocycles. The summed E-state index contributed by atoms with van der Waals surface area (Å²) < 4.78 is 16.8. The Balaban J connectivity index is 1.32. The van der Waals surface area contributed by atoms with E-state index in [4.69, 9.17) is 26.4 Å². The lowest BCUT2D eigenvalue weighted by molar-refractivity contribution is 0.140. The van der Waals surface area contributed by atoms with Crippen LogP contribution < -0.4 is 20.1 Å². The van der Waals surface area contributed by atoms with Gasteiger partial charge in [-0.2, -0.15) is 0 Å². The zero-order valence-corrected chi connectivity index (χ0v) is 19.6. The highest BCUT2D eigenvalue weighted by Crippen LogP contribution is 2.22. The summed E-state index contributed by atoms with van der Waals surface area (Å²) in [6, 6.07) is 22.9. The van der Waals surface area contributed by atoms with Crippen molar-refractivity contribution in [3.05, 3.63) is 89.5 Å². The Bertz CT molecular complexity index is 1070. The number of nitrogens with one attached hydrogen (secondary N) is 2. The molecule has 6 nitrogen and oxygen atoms in total. The normalized spacial score (nSPS) is 10.2. The second-order valence-electron chi connectivity index (χ2n) is 7.40. The van der Waals surface area contributed by atoms with E-state index in [1.807, 2.05) is 86.6 Å². The van der Waals surface area contributed by atoms with Gasteiger partial charge in [-0.05, 0) is 60.9 Å². The van der Waals surface area contributed by atoms with Crippen molar-refractivity contribution in [2.75, 3.05) is 19.7 Å². The summed E-state index contributed by atoms with van der Waals surface area (Å²) in [5.41, 5.74) is 3.10. The highest BCUT2D eigenvalue weighted by Gasteiger charge is 2.06. The summed E-state index contributed by atoms with van der Waals surface area (Å²) in [4.78, 5) is 12.5. The van der Waals surface area contributed by atoms with Gasteiger partial charge in [0.25, 0.3) is 0 Å². The molecule has 0 heterocycles. The van der Waals surface area contributed by atoms with Crippen molar-refractivity contribution in [3.8, 4) is 17.2 Å². The Labute approximate surface area is 199 Å². The average Bonchev–Trinajstić information content (AvgIpc) is 2.82. The Hall–Kier alpha value is -3.58. The molecule has 33 heavy (non-hydrogen) atoms. The molecule has 0 aromatic heterocycles. The van der Waals surface area contributed by atoms with Gasteiger partial charge in [0.15, 0.2) is 0 Å². The van der Waals surface area contributed by atoms with Crippen molar-refractivity contribution in [2.24, 2.45) is 0 Å². The van der Waals surface area contributed by atoms with Crippen LogP contribution in [0.5, 0.6) is 17.2 Å². The minimum Gasteiger partial charge on any atom is -0.486 e. The SMILES string of the molecule is Cc1cccc(OCC(=S)NCCNC(=O)OCc2cccc(Oc3ccccc3)c2)c1C. The predicted molar refractivity (Wildman–Crippen MR) is 133 cm³/mol. The van der Waals surface area contributed by atoms with E-state index < -0.39 is 6.09 Å². The van der Waals surface area contributed by atoms with Crippen LogP contribution in [0.3, 0.4) is 0 Å². The van der Waals surface area contributed by atoms with Crippen LogP contribution in [0.15, 0.2) is 72.8 Å². The number of amides is 1. The molecular formula is C26H28N2O4S. The zero-order chi connectivity index (χ0) is 23.5. The predicted octanol–water partition coefficient (Wildman–Crippen LogP) is 5.32. The summed E-state index contributed by atoms with van der Waals surface area (Å²) >= 11 is 5.29. The van der Waals surface area contributed by atoms with Crippen LogP contribution in [-0.4, -0.2) is 30.8 Å². The van der Waals surface area contributed by atoms with E-state index in [0.717, 1.165) is 22.6 Å². The van der Waals surface area contributed by atoms with Gasteiger partial charge in [-0.15, -0.1) is 0 Å². The van der Waals surface area contributed by atoms with Crippen LogP contribution in [0, 0.1) is 13.8 Å². The molecule has 1 amide bonds. The number of carbonyl (C=O) groups is 1. The largest absolute Gasteiger partial charge is 0.486 e. The average molecular weight is 465 g/mol. The van der Waals surface area contributed by atoms with E-state index >= 15 is 0 Å². The van der Waals surface area contributed by atoms with Crippen molar-refractivity contribution in [2.45, 2.75) is 20.5 Å². The van der Waals surface area contributed by atoms with E-state index in [9.17, 15) is 4.79 Å². The van der Waals surface area contributed by atoms with E-state index in [2.05, 4.69) is 10.6 Å². The number of carbonyl (C=O) groups excluding carboxylic acids is 1. The Kier molecular flexibility index (Phi) is 9.08. The molecule has 0 aliphatic carbocycles. The maximum Gasteiger partial charge on any atom is 0.407 e. The molecule has 3 rings (SSSR count). The molecule has 0 spiro atoms. The number of alkyl carbamates (subject to hydrolysis) is 1. The van der Waals surface area contributed by atoms with Crippen LogP contribution in [0.4, 0.5) is 4.79 Å². The molecule has 172 valence electrons. The third-order valence-corrected chi connectivity index (χ3v) is 5.14. The van der Waals surface area contributed by atoms with Crippen LogP contribution in [0.2, 0.25) is 0 Å². The van der Waals surface area contributed by atoms with E-state index in [0.29, 0.717) is 23.8 Å². The van der Waals surface area contributed by atoms with E-state index in [-0.39, 0.29) is 13.2 Å². The van der Waals surface area contributed by atoms with Gasteiger partial charge < -0.3 is 24.8 Å². The third kappa shape index (κ3) is 8.12. The summed E-state index contributed by atoms with van der Waals surface area (Å²) in [5.74, 6) is 2.25. The minimum atomic E-state index is -0.497. The lowest BCUT2D eigenvalue weighted by atomic mass is 10.1. The number of hydrogen-bond acceptors (Lipinski definition) is 5. The highest BCUT2D eigenvalue weighted by atomic mass is 32.1. The number of benzene rings is 3. The topological polar surface area (TPSA) is 68.8 Å². The standard InChI is InChI=1S/C26H28N2O4S/c1-19-8-6-13-24(20(19)2)30-18-25(33)27-14-15-28-26(29)31-17-21-9-7-12-23(16-21)32-22-10-4-3-5-11-22/h3-13,16H,14-15,17-18H2,1-2H3,(H,27,33)(H,28,29). The van der Waals surface area contributed by atoms with Crippen molar-refractivity contribution in [1.29, 1.82) is 0 Å². The lowest BCUT2D eigenvalue weighted by Gasteiger charge is -2.13. The van der Waals surface area contributed by atoms with Gasteiger partial charge in [0.2, 0.25) is 0 Å². The Morgan fingerprint density at radius 3 is 2.42 bits per heavy atom. The second kappa shape index (κ2) is 12.5. The molecule has 0 aliphatic rings. The first kappa shape index (κ1) is 24.1. The Morgan fingerprint density at radius 2 is 1.61 bits per heavy atom. The monoisotopic (exact) mass is 464 g/mol. The van der Waals surface area contributed by atoms with Crippen LogP contribution >= 0.6 is 12.2 Å². The van der Waals surface area contributed by atoms with Gasteiger partial charge in [-0.25, -0.2) is 4.79 Å². The number of ether oxygens (including phenoxy) is 3. The molecule has 2 N–H and O–H groups in total. The van der Waals surface area contributed by atoms with Crippen molar-refractivity contribution < 1.29 is 19.0 Å². The molecule has 0 radical (unpaired) electrons. The fraction of sp³-hybridized carbons (Fsp3) is 0.231. The summed E-state index contributed by atoms with van der Waals surface area (Å²) in [5, 5.41) is 5.76. The fourth-order valence-electron chi connectivity index (χ4n) is 2.96. The van der Waals surface area contributed by atoms with Crippen LogP contribution in [0.25, 0.3) is 0 Å². The van der Waals surface area contributed by atoms with Crippen molar-refractivity contribution in [3.63, 3.8) is 0 Å². The number of rotatable bonds is 10. The quantitative estimate of drug-likeness (QED) is 0.313. The van der Waals surface area contributed by atoms with Gasteiger partial charge in [-0.1, -0.05) is 54.7 Å². The molecule has 0 aliphatic heterocycles. The molecule has 0 fully saturated rings. The molecule has 7 heteroatoms. The van der Waals surface area contributed by atoms with Gasteiger partial charge in [0.05, 0.1) is 0 Å². The number of aryl methyl sites for hydroxylation is 1. The molecule has 3 aromatic rings. The van der Waals surface area contributed by atoms with E-state index in [1.165, 1.54) is 5.56 Å². The molecule has 0 bridgehead atoms. The lowest BCUT2D eigenvalue weighted by Crippen LogP contribution is -2.36. The van der Waals surface area contributed by atoms with Gasteiger partial charge >= 0.3 is 6.09 Å². The second-order valence-corrected chi connectivity index (χ2v) is 7.89. The van der Waals surface area contributed by atoms with Crippen LogP contribution in [0.1, 0.15) is 16.7 Å². The molecule has 0 saturated carbocycles. The smallest absolute Gasteiger partial charge is 0.407 e. The summed E-state index contributed by atoms with van der Waals surface area (Å²) in [7, 11) is 0. The summed E-state index contributed by atoms with van der Waals surface area (Å²) in [6.07, 6.45) is -0.497. The first-order valence-corrected chi connectivity index (χ1v) is 11.1. The van der Waals surface area contributed by atoms with Crippen molar-refractivity contribution >= 4 is 23.3 Å². The number of thiocarbonyl (C=S) groups is 1. The van der Waals surface area contributed by atoms with Gasteiger partial charge in [0.1, 0.15) is 35.5 Å². The number of para-hydroxylation sites is 1. The minimum absolute atomic E-state index is 0.146. The highest BCUT2D eigenvalue weighted by molar-refractivity contribution is 7.80.